The Balaban J connectivity index is 1.45. The summed E-state index contributed by atoms with van der Waals surface area (Å²) < 4.78 is 97.8. The number of fused-ring (bicyclic) bond motifs is 1. The number of hydrogen-bond acceptors (Lipinski definition) is 16. The number of hydrogen-bond donors (Lipinski definition) is 4. The third-order valence-corrected chi connectivity index (χ3v) is 21.1. The maximum absolute atomic E-state index is 16.4. The summed E-state index contributed by atoms with van der Waals surface area (Å²) in [5.41, 5.74) is 8.96. The van der Waals surface area contributed by atoms with Crippen molar-refractivity contribution in [3.05, 3.63) is 113 Å². The second-order valence-corrected chi connectivity index (χ2v) is 29.1. The van der Waals surface area contributed by atoms with Crippen molar-refractivity contribution in [3.63, 3.8) is 0 Å². The maximum Gasteiger partial charge on any atom is 0.407 e. The third-order valence-electron chi connectivity index (χ3n) is 13.1. The summed E-state index contributed by atoms with van der Waals surface area (Å²) in [7, 11) is -7.85. The number of anilines is 2. The molecule has 0 unspecified atom stereocenters. The van der Waals surface area contributed by atoms with Gasteiger partial charge in [-0.05, 0) is 115 Å². The molecule has 1 amide bonds. The van der Waals surface area contributed by atoms with E-state index in [1.807, 2.05) is 50.9 Å². The van der Waals surface area contributed by atoms with Crippen LogP contribution in [0.1, 0.15) is 69.6 Å². The number of methoxy groups -OCH3 is 3. The van der Waals surface area contributed by atoms with Gasteiger partial charge in [-0.1, -0.05) is 57.2 Å². The predicted molar refractivity (Wildman–Crippen MR) is 287 cm³/mol. The fourth-order valence-electron chi connectivity index (χ4n) is 8.18. The van der Waals surface area contributed by atoms with E-state index >= 15 is 16.8 Å². The van der Waals surface area contributed by atoms with Crippen molar-refractivity contribution in [1.29, 1.82) is 0 Å². The van der Waals surface area contributed by atoms with E-state index < -0.39 is 56.0 Å². The Labute approximate surface area is 440 Å². The number of benzene rings is 4. The van der Waals surface area contributed by atoms with E-state index in [2.05, 4.69) is 35.5 Å². The van der Waals surface area contributed by atoms with Crippen molar-refractivity contribution < 1.29 is 45.0 Å². The molecule has 1 atom stereocenters. The molecule has 0 saturated carbocycles. The molecule has 1 aliphatic heterocycles. The largest absolute Gasteiger partial charge is 0.497 e. The number of ether oxygens (including phenoxy) is 4. The number of nitrogens with two attached hydrogens (primary N) is 1. The van der Waals surface area contributed by atoms with Crippen LogP contribution < -0.4 is 34.9 Å². The zero-order valence-corrected chi connectivity index (χ0v) is 47.1. The van der Waals surface area contributed by atoms with Crippen molar-refractivity contribution in [3.8, 4) is 28.6 Å². The Morgan fingerprint density at radius 3 is 1.91 bits per heavy atom. The minimum atomic E-state index is -4.98. The number of aromatic amines is 1. The number of aromatic nitrogens is 6. The summed E-state index contributed by atoms with van der Waals surface area (Å²) >= 11 is 0. The van der Waals surface area contributed by atoms with Crippen LogP contribution >= 0.6 is 0 Å². The Morgan fingerprint density at radius 2 is 1.37 bits per heavy atom. The molecule has 0 aliphatic carbocycles. The Bertz CT molecular complexity index is 3110. The first-order chi connectivity index (χ1) is 35.3. The number of nitrogens with zero attached hydrogens (tertiary/aromatic N) is 7. The van der Waals surface area contributed by atoms with E-state index in [0.717, 1.165) is 11.3 Å². The molecular formula is C51H69N11O10S2Si. The van der Waals surface area contributed by atoms with Gasteiger partial charge in [0.05, 0.1) is 57.5 Å². The zero-order chi connectivity index (χ0) is 54.5. The quantitative estimate of drug-likeness (QED) is 0.0536. The molecule has 6 aromatic rings. The molecule has 0 fully saturated rings. The number of rotatable bonds is 21. The fourth-order valence-corrected chi connectivity index (χ4v) is 13.0. The van der Waals surface area contributed by atoms with Crippen molar-refractivity contribution in [2.45, 2.75) is 114 Å². The highest BCUT2D eigenvalue weighted by molar-refractivity contribution is 7.92. The molecule has 4 aromatic carbocycles. The number of carbonyl (C=O) groups is 1. The SMILES string of the molecule is COc1ccc(CN(Cc2ccc(OC)cc2)S(=O)(=O)c2c(S(=O)(=O)NC[C@@H](CNC(=O)OC(C)(C)C)O[Si](C)(C)C(C)(C)C)ccc(N3CCc4nc(N)[nH]c4C3)c2-c2nnnn2Cc2ccc(OC)cc2)cc1. The monoisotopic (exact) mass is 1090 g/mol. The number of tetrazole rings is 1. The number of H-pyrrole nitrogens is 1. The Hall–Kier alpha value is -6.57. The Kier molecular flexibility index (Phi) is 17.0. The standard InChI is InChI=1S/C51H69N11O10S2Si/c1-50(2,3)71-49(63)53-28-40(72-75(10,11)51(4,5)6)29-54-73(64,65)44-25-24-43(60-27-26-41-42(33-60)56-48(52)55-41)45(47-57-58-59-62(47)32-36-16-22-39(70-9)23-17-36)46(44)74(66,67)61(30-34-12-18-37(68-7)19-13-34)31-35-14-20-38(69-8)21-15-35/h12-25,40,54H,26-33H2,1-11H3,(H,53,63)(H3,52,55,56)/t40-/m1/s1. The highest BCUT2D eigenvalue weighted by atomic mass is 32.2. The minimum absolute atomic E-state index is 0.0269. The van der Waals surface area contributed by atoms with Crippen LogP contribution in [-0.4, -0.2) is 118 Å². The lowest BCUT2D eigenvalue weighted by molar-refractivity contribution is 0.0498. The van der Waals surface area contributed by atoms with Crippen LogP contribution in [0.5, 0.6) is 17.2 Å². The van der Waals surface area contributed by atoms with Crippen LogP contribution in [0.25, 0.3) is 11.4 Å². The number of nitrogens with one attached hydrogen (secondary N) is 3. The van der Waals surface area contributed by atoms with Gasteiger partial charge in [-0.2, -0.15) is 4.31 Å². The molecule has 7 rings (SSSR count). The van der Waals surface area contributed by atoms with Gasteiger partial charge in [-0.3, -0.25) is 0 Å². The van der Waals surface area contributed by atoms with E-state index in [9.17, 15) is 4.79 Å². The summed E-state index contributed by atoms with van der Waals surface area (Å²) in [5.74, 6) is 1.93. The van der Waals surface area contributed by atoms with E-state index in [4.69, 9.17) is 29.1 Å². The van der Waals surface area contributed by atoms with Crippen LogP contribution in [0.4, 0.5) is 16.4 Å². The van der Waals surface area contributed by atoms with Crippen LogP contribution in [-0.2, 0) is 61.8 Å². The summed E-state index contributed by atoms with van der Waals surface area (Å²) in [6, 6.07) is 24.0. The molecular weight excluding hydrogens is 1020 g/mol. The first-order valence-corrected chi connectivity index (χ1v) is 30.2. The van der Waals surface area contributed by atoms with Crippen molar-refractivity contribution in [2.75, 3.05) is 51.6 Å². The van der Waals surface area contributed by atoms with Gasteiger partial charge in [0.2, 0.25) is 20.0 Å². The molecule has 21 nitrogen and oxygen atoms in total. The van der Waals surface area contributed by atoms with Crippen LogP contribution in [0.3, 0.4) is 0 Å². The van der Waals surface area contributed by atoms with Gasteiger partial charge in [-0.25, -0.2) is 36.0 Å². The summed E-state index contributed by atoms with van der Waals surface area (Å²) in [6.07, 6.45) is -1.21. The first kappa shape index (κ1) is 56.2. The average Bonchev–Trinajstić information content (AvgIpc) is 3.98. The van der Waals surface area contributed by atoms with E-state index in [1.165, 1.54) is 29.3 Å². The van der Waals surface area contributed by atoms with Crippen molar-refractivity contribution in [2.24, 2.45) is 0 Å². The van der Waals surface area contributed by atoms with E-state index in [1.54, 1.807) is 94.6 Å². The average molecular weight is 1090 g/mol. The van der Waals surface area contributed by atoms with Gasteiger partial charge in [0.1, 0.15) is 32.6 Å². The third kappa shape index (κ3) is 13.6. The van der Waals surface area contributed by atoms with Crippen LogP contribution in [0.15, 0.2) is 94.7 Å². The molecule has 3 heterocycles. The molecule has 404 valence electrons. The Morgan fingerprint density at radius 1 is 0.813 bits per heavy atom. The van der Waals surface area contributed by atoms with E-state index in [-0.39, 0.29) is 61.6 Å². The van der Waals surface area contributed by atoms with Crippen LogP contribution in [0, 0.1) is 0 Å². The number of nitrogen functional groups attached to an aromatic ring is 1. The zero-order valence-electron chi connectivity index (χ0n) is 44.4. The number of amides is 1. The molecule has 0 spiro atoms. The second kappa shape index (κ2) is 22.7. The summed E-state index contributed by atoms with van der Waals surface area (Å²) in [5, 5.41) is 15.4. The number of alkyl carbamates (subject to hydrolysis) is 1. The maximum atomic E-state index is 16.4. The molecule has 75 heavy (non-hydrogen) atoms. The highest BCUT2D eigenvalue weighted by Gasteiger charge is 2.42. The van der Waals surface area contributed by atoms with Gasteiger partial charge < -0.3 is 44.3 Å². The van der Waals surface area contributed by atoms with E-state index in [0.29, 0.717) is 52.7 Å². The van der Waals surface area contributed by atoms with Gasteiger partial charge >= 0.3 is 6.09 Å². The normalized spacial score (nSPS) is 13.8. The molecule has 0 bridgehead atoms. The summed E-state index contributed by atoms with van der Waals surface area (Å²) in [4.78, 5) is 21.4. The lowest BCUT2D eigenvalue weighted by Crippen LogP contribution is -2.51. The molecule has 0 saturated heterocycles. The van der Waals surface area contributed by atoms with Crippen molar-refractivity contribution >= 4 is 46.1 Å². The van der Waals surface area contributed by atoms with Gasteiger partial charge in [0, 0.05) is 44.8 Å². The predicted octanol–water partition coefficient (Wildman–Crippen LogP) is 6.87. The van der Waals surface area contributed by atoms with Gasteiger partial charge in [0.25, 0.3) is 0 Å². The lowest BCUT2D eigenvalue weighted by atomic mass is 10.1. The molecule has 2 aromatic heterocycles. The van der Waals surface area contributed by atoms with Gasteiger partial charge in [-0.15, -0.1) is 5.10 Å². The smallest absolute Gasteiger partial charge is 0.407 e. The molecule has 0 radical (unpaired) electrons. The number of imidazole rings is 1. The molecule has 24 heteroatoms. The lowest BCUT2D eigenvalue weighted by Gasteiger charge is -2.39. The fraction of sp³-hybridized carbons (Fsp3) is 0.431. The van der Waals surface area contributed by atoms with Crippen molar-refractivity contribution in [1.82, 2.24) is 44.5 Å². The van der Waals surface area contributed by atoms with Gasteiger partial charge in [0.15, 0.2) is 20.1 Å². The highest BCUT2D eigenvalue weighted by Crippen LogP contribution is 2.43. The minimum Gasteiger partial charge on any atom is -0.497 e. The number of carbonyl (C=O) groups excluding carboxylic acids is 1. The summed E-state index contributed by atoms with van der Waals surface area (Å²) in [6.45, 7) is 15.0. The second-order valence-electron chi connectivity index (χ2n) is 20.7. The molecule has 1 aliphatic rings. The topological polar surface area (TPSA) is 260 Å². The van der Waals surface area contributed by atoms with Crippen LogP contribution in [0.2, 0.25) is 18.1 Å². The first-order valence-electron chi connectivity index (χ1n) is 24.4. The number of sulfonamides is 2. The molecule has 5 N–H and O–H groups in total.